The Morgan fingerprint density at radius 2 is 2.00 bits per heavy atom. The van der Waals surface area contributed by atoms with Crippen LogP contribution in [-0.4, -0.2) is 28.4 Å². The predicted octanol–water partition coefficient (Wildman–Crippen LogP) is 2.44. The second-order valence-corrected chi connectivity index (χ2v) is 3.94. The van der Waals surface area contributed by atoms with Gasteiger partial charge in [0.25, 0.3) is 5.78 Å². The molecule has 8 heteroatoms. The lowest BCUT2D eigenvalue weighted by Crippen LogP contribution is -2.15. The third-order valence-electron chi connectivity index (χ3n) is 2.40. The summed E-state index contributed by atoms with van der Waals surface area (Å²) >= 11 is 0. The maximum Gasteiger partial charge on any atom is 0.433 e. The number of aromatic nitrogens is 1. The molecule has 0 aromatic carbocycles. The van der Waals surface area contributed by atoms with Crippen LogP contribution in [0.4, 0.5) is 13.2 Å². The van der Waals surface area contributed by atoms with E-state index in [1.807, 2.05) is 0 Å². The van der Waals surface area contributed by atoms with Gasteiger partial charge in [0, 0.05) is 17.3 Å². The minimum absolute atomic E-state index is 0.0139. The first kappa shape index (κ1) is 16.7. The maximum absolute atomic E-state index is 12.4. The molecule has 0 aliphatic carbocycles. The topological polar surface area (TPSA) is 76.5 Å². The van der Waals surface area contributed by atoms with Crippen LogP contribution in [0.2, 0.25) is 0 Å². The zero-order valence-electron chi connectivity index (χ0n) is 11.2. The number of carbonyl (C=O) groups excluding carboxylic acids is 2. The quantitative estimate of drug-likeness (QED) is 0.400. The van der Waals surface area contributed by atoms with Gasteiger partial charge in [-0.25, -0.2) is 9.78 Å². The maximum atomic E-state index is 12.4. The molecule has 0 spiro atoms. The number of hydrogen-bond donors (Lipinski definition) is 1. The number of carbonyl (C=O) groups is 2. The van der Waals surface area contributed by atoms with Crippen molar-refractivity contribution in [2.24, 2.45) is 0 Å². The van der Waals surface area contributed by atoms with Gasteiger partial charge in [-0.15, -0.1) is 0 Å². The number of aliphatic hydroxyl groups excluding tert-OH is 1. The van der Waals surface area contributed by atoms with Gasteiger partial charge in [-0.05, 0) is 26.0 Å². The lowest BCUT2D eigenvalue weighted by atomic mass is 10.1. The van der Waals surface area contributed by atoms with Crippen LogP contribution in [0.15, 0.2) is 18.2 Å². The first-order valence-corrected chi connectivity index (χ1v) is 5.83. The molecule has 1 aromatic heterocycles. The smallest absolute Gasteiger partial charge is 0.433 e. The van der Waals surface area contributed by atoms with Gasteiger partial charge in [-0.2, -0.15) is 13.2 Å². The monoisotopic (exact) mass is 303 g/mol. The van der Waals surface area contributed by atoms with Gasteiger partial charge in [-0.3, -0.25) is 4.79 Å². The summed E-state index contributed by atoms with van der Waals surface area (Å²) in [5, 5.41) is 9.69. The number of halogens is 3. The van der Waals surface area contributed by atoms with Crippen LogP contribution in [0.3, 0.4) is 0 Å². The molecule has 5 nitrogen and oxygen atoms in total. The van der Waals surface area contributed by atoms with Gasteiger partial charge in [-0.1, -0.05) is 0 Å². The molecule has 0 saturated heterocycles. The molecule has 0 unspecified atom stereocenters. The highest BCUT2D eigenvalue weighted by molar-refractivity contribution is 6.39. The molecule has 1 N–H and O–H groups in total. The Labute approximate surface area is 118 Å². The van der Waals surface area contributed by atoms with Crippen molar-refractivity contribution in [3.05, 3.63) is 35.2 Å². The minimum atomic E-state index is -4.61. The highest BCUT2D eigenvalue weighted by atomic mass is 19.4. The average molecular weight is 303 g/mol. The van der Waals surface area contributed by atoms with Crippen molar-refractivity contribution in [1.29, 1.82) is 0 Å². The molecule has 21 heavy (non-hydrogen) atoms. The van der Waals surface area contributed by atoms with Crippen LogP contribution in [0, 0.1) is 6.92 Å². The summed E-state index contributed by atoms with van der Waals surface area (Å²) in [6.07, 6.45) is -4.03. The van der Waals surface area contributed by atoms with Crippen molar-refractivity contribution in [3.63, 3.8) is 0 Å². The van der Waals surface area contributed by atoms with Crippen LogP contribution >= 0.6 is 0 Å². The Hall–Kier alpha value is -2.38. The standard InChI is InChI=1S/C13H12F3NO4/c1-3-21-12(20)10(19)6-9(18)8-4-5-11(13(14,15)16)17-7(8)2/h4-6,18H,3H2,1-2H3/b9-6+. The van der Waals surface area contributed by atoms with E-state index >= 15 is 0 Å². The van der Waals surface area contributed by atoms with Gasteiger partial charge in [0.15, 0.2) is 0 Å². The lowest BCUT2D eigenvalue weighted by Gasteiger charge is -2.09. The van der Waals surface area contributed by atoms with Crippen LogP contribution in [-0.2, 0) is 20.5 Å². The normalized spacial score (nSPS) is 12.1. The molecule has 0 amide bonds. The van der Waals surface area contributed by atoms with Crippen molar-refractivity contribution in [1.82, 2.24) is 4.98 Å². The van der Waals surface area contributed by atoms with E-state index in [1.54, 1.807) is 0 Å². The average Bonchev–Trinajstić information content (AvgIpc) is 2.37. The summed E-state index contributed by atoms with van der Waals surface area (Å²) in [7, 11) is 0. The number of alkyl halides is 3. The molecule has 0 bridgehead atoms. The van der Waals surface area contributed by atoms with Crippen molar-refractivity contribution < 1.29 is 32.6 Å². The minimum Gasteiger partial charge on any atom is -0.507 e. The number of aryl methyl sites for hydroxylation is 1. The Morgan fingerprint density at radius 3 is 2.48 bits per heavy atom. The highest BCUT2D eigenvalue weighted by Gasteiger charge is 2.32. The van der Waals surface area contributed by atoms with Gasteiger partial charge in [0.2, 0.25) is 0 Å². The number of nitrogens with zero attached hydrogens (tertiary/aromatic N) is 1. The largest absolute Gasteiger partial charge is 0.507 e. The Bertz CT molecular complexity index is 594. The van der Waals surface area contributed by atoms with E-state index in [1.165, 1.54) is 13.8 Å². The third kappa shape index (κ3) is 4.30. The SMILES string of the molecule is CCOC(=O)C(=O)/C=C(/O)c1ccc(C(F)(F)F)nc1C. The highest BCUT2D eigenvalue weighted by Crippen LogP contribution is 2.29. The summed E-state index contributed by atoms with van der Waals surface area (Å²) in [6.45, 7) is 2.72. The first-order valence-electron chi connectivity index (χ1n) is 5.83. The van der Waals surface area contributed by atoms with Crippen LogP contribution in [0.25, 0.3) is 5.76 Å². The molecule has 0 saturated carbocycles. The fraction of sp³-hybridized carbons (Fsp3) is 0.308. The first-order chi connectivity index (χ1) is 9.66. The van der Waals surface area contributed by atoms with Crippen LogP contribution in [0.5, 0.6) is 0 Å². The number of esters is 1. The molecule has 0 fully saturated rings. The van der Waals surface area contributed by atoms with E-state index < -0.39 is 29.4 Å². The second-order valence-electron chi connectivity index (χ2n) is 3.94. The third-order valence-corrected chi connectivity index (χ3v) is 2.40. The number of hydrogen-bond acceptors (Lipinski definition) is 5. The van der Waals surface area contributed by atoms with Crippen molar-refractivity contribution in [2.45, 2.75) is 20.0 Å². The molecule has 0 radical (unpaired) electrons. The van der Waals surface area contributed by atoms with E-state index in [-0.39, 0.29) is 17.9 Å². The van der Waals surface area contributed by atoms with Gasteiger partial charge in [0.1, 0.15) is 11.5 Å². The lowest BCUT2D eigenvalue weighted by molar-refractivity contribution is -0.151. The van der Waals surface area contributed by atoms with E-state index in [2.05, 4.69) is 9.72 Å². The summed E-state index contributed by atoms with van der Waals surface area (Å²) in [4.78, 5) is 25.7. The molecule has 0 aliphatic rings. The molecular weight excluding hydrogens is 291 g/mol. The van der Waals surface area contributed by atoms with Crippen LogP contribution < -0.4 is 0 Å². The summed E-state index contributed by atoms with van der Waals surface area (Å²) in [5.74, 6) is -2.94. The zero-order chi connectivity index (χ0) is 16.2. The molecular formula is C13H12F3NO4. The van der Waals surface area contributed by atoms with E-state index in [0.29, 0.717) is 12.1 Å². The van der Waals surface area contributed by atoms with Gasteiger partial charge >= 0.3 is 12.1 Å². The number of ether oxygens (including phenoxy) is 1. The fourth-order valence-corrected chi connectivity index (χ4v) is 1.45. The Kier molecular flexibility index (Phi) is 5.07. The summed E-state index contributed by atoms with van der Waals surface area (Å²) in [6, 6.07) is 1.64. The zero-order valence-corrected chi connectivity index (χ0v) is 11.2. The van der Waals surface area contributed by atoms with Gasteiger partial charge in [0.05, 0.1) is 6.61 Å². The predicted molar refractivity (Wildman–Crippen MR) is 66.2 cm³/mol. The number of rotatable bonds is 4. The molecule has 0 atom stereocenters. The van der Waals surface area contributed by atoms with Crippen molar-refractivity contribution in [2.75, 3.05) is 6.61 Å². The van der Waals surface area contributed by atoms with Gasteiger partial charge < -0.3 is 9.84 Å². The summed E-state index contributed by atoms with van der Waals surface area (Å²) < 4.78 is 41.8. The fourth-order valence-electron chi connectivity index (χ4n) is 1.45. The molecule has 114 valence electrons. The number of aliphatic hydroxyl groups is 1. The van der Waals surface area contributed by atoms with E-state index in [4.69, 9.17) is 0 Å². The second kappa shape index (κ2) is 6.38. The Morgan fingerprint density at radius 1 is 1.38 bits per heavy atom. The number of ketones is 1. The molecule has 1 aromatic rings. The molecule has 1 rings (SSSR count). The molecule has 0 aliphatic heterocycles. The summed E-state index contributed by atoms with van der Waals surface area (Å²) in [5.41, 5.74) is -1.33. The van der Waals surface area contributed by atoms with E-state index in [9.17, 15) is 27.9 Å². The van der Waals surface area contributed by atoms with E-state index in [0.717, 1.165) is 6.07 Å². The molecule has 1 heterocycles. The van der Waals surface area contributed by atoms with Crippen molar-refractivity contribution in [3.8, 4) is 0 Å². The van der Waals surface area contributed by atoms with Crippen LogP contribution in [0.1, 0.15) is 23.9 Å². The van der Waals surface area contributed by atoms with Crippen molar-refractivity contribution >= 4 is 17.5 Å². The number of pyridine rings is 1. The Balaban J connectivity index is 3.06.